The molecule has 5 nitrogen and oxygen atoms in total. The van der Waals surface area contributed by atoms with E-state index < -0.39 is 6.04 Å². The van der Waals surface area contributed by atoms with E-state index in [4.69, 9.17) is 34.8 Å². The molecule has 0 spiro atoms. The van der Waals surface area contributed by atoms with Gasteiger partial charge in [0.15, 0.2) is 6.04 Å². The molecule has 1 unspecified atom stereocenters. The van der Waals surface area contributed by atoms with Crippen molar-refractivity contribution in [3.63, 3.8) is 0 Å². The molecular weight excluding hydrogens is 298 g/mol. The second-order valence-corrected chi connectivity index (χ2v) is 4.79. The number of hydrogen-bond acceptors (Lipinski definition) is 4. The Bertz CT molecular complexity index is 570. The van der Waals surface area contributed by atoms with E-state index in [1.165, 1.54) is 12.1 Å². The number of carbonyl (C=O) groups is 1. The Labute approximate surface area is 118 Å². The molecule has 1 aromatic carbocycles. The average molecular weight is 306 g/mol. The van der Waals surface area contributed by atoms with Crippen LogP contribution in [0.4, 0.5) is 5.69 Å². The van der Waals surface area contributed by atoms with Crippen LogP contribution in [0.25, 0.3) is 0 Å². The molecule has 1 heterocycles. The first-order valence-electron chi connectivity index (χ1n) is 4.88. The lowest BCUT2D eigenvalue weighted by Gasteiger charge is -2.02. The highest BCUT2D eigenvalue weighted by molar-refractivity contribution is 6.43. The number of rotatable bonds is 2. The first kappa shape index (κ1) is 13.3. The number of nitrogens with zero attached hydrogens (tertiary/aromatic N) is 3. The Morgan fingerprint density at radius 1 is 1.22 bits per heavy atom. The van der Waals surface area contributed by atoms with Crippen LogP contribution in [0.3, 0.4) is 0 Å². The van der Waals surface area contributed by atoms with E-state index in [1.54, 1.807) is 6.92 Å². The Morgan fingerprint density at radius 3 is 2.50 bits per heavy atom. The van der Waals surface area contributed by atoms with Gasteiger partial charge >= 0.3 is 0 Å². The first-order valence-corrected chi connectivity index (χ1v) is 6.02. The molecule has 0 saturated carbocycles. The molecule has 8 heteroatoms. The molecule has 0 radical (unpaired) electrons. The van der Waals surface area contributed by atoms with Crippen molar-refractivity contribution in [1.29, 1.82) is 0 Å². The highest BCUT2D eigenvalue weighted by atomic mass is 35.5. The van der Waals surface area contributed by atoms with Crippen LogP contribution >= 0.6 is 34.8 Å². The Kier molecular flexibility index (Phi) is 3.85. The van der Waals surface area contributed by atoms with E-state index in [1.807, 2.05) is 0 Å². The predicted octanol–water partition coefficient (Wildman–Crippen LogP) is 3.60. The number of amides is 1. The van der Waals surface area contributed by atoms with Crippen LogP contribution in [0.1, 0.15) is 6.92 Å². The normalized spacial score (nSPS) is 19.2. The molecule has 1 N–H and O–H groups in total. The monoisotopic (exact) mass is 304 g/mol. The summed E-state index contributed by atoms with van der Waals surface area (Å²) in [7, 11) is 0. The summed E-state index contributed by atoms with van der Waals surface area (Å²) in [6.45, 7) is 1.68. The van der Waals surface area contributed by atoms with Crippen molar-refractivity contribution >= 4 is 52.1 Å². The molecule has 0 saturated heterocycles. The van der Waals surface area contributed by atoms with E-state index in [9.17, 15) is 4.79 Å². The molecule has 18 heavy (non-hydrogen) atoms. The largest absolute Gasteiger partial charge is 0.272 e. The van der Waals surface area contributed by atoms with Gasteiger partial charge < -0.3 is 0 Å². The summed E-state index contributed by atoms with van der Waals surface area (Å²) in [5.74, 6) is -0.326. The topological polar surface area (TPSA) is 66.2 Å². The lowest BCUT2D eigenvalue weighted by molar-refractivity contribution is -0.120. The van der Waals surface area contributed by atoms with Crippen LogP contribution in [0.2, 0.25) is 15.1 Å². The number of halogens is 3. The fourth-order valence-corrected chi connectivity index (χ4v) is 1.88. The molecular formula is C10H7Cl3N4O. The van der Waals surface area contributed by atoms with Crippen molar-refractivity contribution in [3.05, 3.63) is 27.2 Å². The minimum absolute atomic E-state index is 0.307. The van der Waals surface area contributed by atoms with Crippen molar-refractivity contribution < 1.29 is 4.79 Å². The Balaban J connectivity index is 2.27. The van der Waals surface area contributed by atoms with Crippen LogP contribution in [-0.2, 0) is 4.79 Å². The van der Waals surface area contributed by atoms with Crippen LogP contribution < -0.4 is 5.43 Å². The molecule has 94 valence electrons. The first-order chi connectivity index (χ1) is 8.49. The third-order valence-electron chi connectivity index (χ3n) is 2.26. The molecule has 1 atom stereocenters. The van der Waals surface area contributed by atoms with Gasteiger partial charge in [0, 0.05) is 0 Å². The molecule has 1 aliphatic rings. The summed E-state index contributed by atoms with van der Waals surface area (Å²) in [4.78, 5) is 11.4. The van der Waals surface area contributed by atoms with E-state index in [0.29, 0.717) is 26.5 Å². The number of benzene rings is 1. The quantitative estimate of drug-likeness (QED) is 0.658. The predicted molar refractivity (Wildman–Crippen MR) is 71.0 cm³/mol. The molecule has 1 amide bonds. The standard InChI is InChI=1S/C10H7Cl3N4O/c1-4-9(10(18)17-14-4)16-15-8-3-6(12)5(11)2-7(8)13/h2-3,9H,1H3,(H,17,18). The second kappa shape index (κ2) is 5.22. The number of azo groups is 1. The molecule has 0 aromatic heterocycles. The van der Waals surface area contributed by atoms with Crippen LogP contribution in [0, 0.1) is 0 Å². The van der Waals surface area contributed by atoms with E-state index in [2.05, 4.69) is 20.8 Å². The second-order valence-electron chi connectivity index (χ2n) is 3.56. The maximum Gasteiger partial charge on any atom is 0.272 e. The number of carbonyl (C=O) groups excluding carboxylic acids is 1. The molecule has 2 rings (SSSR count). The zero-order chi connectivity index (χ0) is 13.3. The van der Waals surface area contributed by atoms with Gasteiger partial charge in [0.25, 0.3) is 5.91 Å². The zero-order valence-corrected chi connectivity index (χ0v) is 11.4. The van der Waals surface area contributed by atoms with Gasteiger partial charge in [-0.15, -0.1) is 0 Å². The van der Waals surface area contributed by atoms with E-state index in [0.717, 1.165) is 0 Å². The Hall–Kier alpha value is -1.17. The minimum Gasteiger partial charge on any atom is -0.270 e. The lowest BCUT2D eigenvalue weighted by atomic mass is 10.2. The minimum atomic E-state index is -0.726. The fourth-order valence-electron chi connectivity index (χ4n) is 1.30. The molecule has 1 aliphatic heterocycles. The van der Waals surface area contributed by atoms with E-state index in [-0.39, 0.29) is 5.91 Å². The van der Waals surface area contributed by atoms with Gasteiger partial charge in [-0.05, 0) is 19.1 Å². The van der Waals surface area contributed by atoms with Crippen molar-refractivity contribution in [2.45, 2.75) is 13.0 Å². The van der Waals surface area contributed by atoms with Crippen molar-refractivity contribution in [3.8, 4) is 0 Å². The molecule has 0 bridgehead atoms. The molecule has 0 aliphatic carbocycles. The van der Waals surface area contributed by atoms with Crippen LogP contribution in [-0.4, -0.2) is 17.7 Å². The summed E-state index contributed by atoms with van der Waals surface area (Å²) in [6.07, 6.45) is 0. The Morgan fingerprint density at radius 2 is 1.89 bits per heavy atom. The van der Waals surface area contributed by atoms with Crippen molar-refractivity contribution in [1.82, 2.24) is 5.43 Å². The lowest BCUT2D eigenvalue weighted by Crippen LogP contribution is -2.25. The smallest absolute Gasteiger partial charge is 0.270 e. The SMILES string of the molecule is CC1=NNC(=O)C1N=Nc1cc(Cl)c(Cl)cc1Cl. The van der Waals surface area contributed by atoms with E-state index >= 15 is 0 Å². The number of hydrazone groups is 1. The van der Waals surface area contributed by atoms with Gasteiger partial charge in [-0.2, -0.15) is 15.3 Å². The summed E-state index contributed by atoms with van der Waals surface area (Å²) >= 11 is 17.6. The highest BCUT2D eigenvalue weighted by Gasteiger charge is 2.26. The zero-order valence-electron chi connectivity index (χ0n) is 9.12. The summed E-state index contributed by atoms with van der Waals surface area (Å²) in [5, 5.41) is 12.5. The number of hydrogen-bond donors (Lipinski definition) is 1. The maximum absolute atomic E-state index is 11.4. The average Bonchev–Trinajstić information content (AvgIpc) is 2.62. The summed E-state index contributed by atoms with van der Waals surface area (Å²) in [6, 6.07) is 2.22. The molecule has 0 fully saturated rings. The van der Waals surface area contributed by atoms with Crippen molar-refractivity contribution in [2.24, 2.45) is 15.3 Å². The van der Waals surface area contributed by atoms with Gasteiger partial charge in [0.1, 0.15) is 5.69 Å². The van der Waals surface area contributed by atoms with Crippen LogP contribution in [0.5, 0.6) is 0 Å². The van der Waals surface area contributed by atoms with Crippen molar-refractivity contribution in [2.75, 3.05) is 0 Å². The summed E-state index contributed by atoms with van der Waals surface area (Å²) < 4.78 is 0. The van der Waals surface area contributed by atoms with Gasteiger partial charge in [0.2, 0.25) is 0 Å². The molecule has 1 aromatic rings. The number of nitrogens with one attached hydrogen (secondary N) is 1. The summed E-state index contributed by atoms with van der Waals surface area (Å²) in [5.41, 5.74) is 3.19. The maximum atomic E-state index is 11.4. The van der Waals surface area contributed by atoms with Gasteiger partial charge in [-0.1, -0.05) is 34.8 Å². The van der Waals surface area contributed by atoms with Gasteiger partial charge in [0.05, 0.1) is 20.8 Å². The van der Waals surface area contributed by atoms with Crippen LogP contribution in [0.15, 0.2) is 27.5 Å². The highest BCUT2D eigenvalue weighted by Crippen LogP contribution is 2.34. The fraction of sp³-hybridized carbons (Fsp3) is 0.200. The van der Waals surface area contributed by atoms with Gasteiger partial charge in [-0.25, -0.2) is 5.43 Å². The third-order valence-corrected chi connectivity index (χ3v) is 3.28. The third kappa shape index (κ3) is 2.63. The van der Waals surface area contributed by atoms with Gasteiger partial charge in [-0.3, -0.25) is 4.79 Å².